The third-order valence-electron chi connectivity index (χ3n) is 2.94. The van der Waals surface area contributed by atoms with Crippen LogP contribution in [0.25, 0.3) is 0 Å². The zero-order valence-electron chi connectivity index (χ0n) is 12.5. The molecule has 0 unspecified atom stereocenters. The molecule has 0 saturated heterocycles. The van der Waals surface area contributed by atoms with Crippen LogP contribution in [0.2, 0.25) is 5.02 Å². The van der Waals surface area contributed by atoms with Gasteiger partial charge in [0.05, 0.1) is 15.2 Å². The Hall–Kier alpha value is -1.57. The first-order chi connectivity index (χ1) is 11.4. The summed E-state index contributed by atoms with van der Waals surface area (Å²) in [7, 11) is 0. The maximum atomic E-state index is 11.7. The number of phenolic OH excluding ortho intramolecular Hbond substituents is 1. The summed E-state index contributed by atoms with van der Waals surface area (Å²) in [6.07, 6.45) is 1.46. The second kappa shape index (κ2) is 8.50. The molecule has 0 aliphatic rings. The maximum absolute atomic E-state index is 11.7. The number of phenols is 1. The Bertz CT molecular complexity index is 774. The zero-order chi connectivity index (χ0) is 17.7. The molecule has 8 heteroatoms. The van der Waals surface area contributed by atoms with Crippen molar-refractivity contribution in [3.8, 4) is 11.5 Å². The van der Waals surface area contributed by atoms with E-state index in [-0.39, 0.29) is 12.4 Å². The molecule has 0 fully saturated rings. The van der Waals surface area contributed by atoms with Crippen molar-refractivity contribution in [2.24, 2.45) is 5.10 Å². The number of hydrogen-bond donors (Lipinski definition) is 2. The Morgan fingerprint density at radius 3 is 2.62 bits per heavy atom. The first-order valence-electron chi connectivity index (χ1n) is 6.75. The van der Waals surface area contributed by atoms with Gasteiger partial charge in [0.2, 0.25) is 0 Å². The number of benzene rings is 2. The Kier molecular flexibility index (Phi) is 6.65. The molecule has 126 valence electrons. The molecular weight excluding hydrogens is 463 g/mol. The number of aromatic hydroxyl groups is 1. The van der Waals surface area contributed by atoms with E-state index in [9.17, 15) is 9.90 Å². The van der Waals surface area contributed by atoms with E-state index in [2.05, 4.69) is 42.4 Å². The third-order valence-corrected chi connectivity index (χ3v) is 4.38. The van der Waals surface area contributed by atoms with Crippen LogP contribution in [0.5, 0.6) is 11.5 Å². The largest absolute Gasteiger partial charge is 0.506 e. The van der Waals surface area contributed by atoms with Gasteiger partial charge in [-0.2, -0.15) is 5.10 Å². The lowest BCUT2D eigenvalue weighted by Gasteiger charge is -2.08. The number of carbonyl (C=O) groups is 1. The average molecular weight is 477 g/mol. The molecular formula is C16H13Br2ClN2O3. The first-order valence-corrected chi connectivity index (χ1v) is 8.72. The lowest BCUT2D eigenvalue weighted by atomic mass is 10.2. The number of rotatable bonds is 5. The number of amides is 1. The fourth-order valence-electron chi connectivity index (χ4n) is 1.79. The van der Waals surface area contributed by atoms with Crippen LogP contribution in [-0.2, 0) is 4.79 Å². The summed E-state index contributed by atoms with van der Waals surface area (Å²) in [6, 6.07) is 8.50. The van der Waals surface area contributed by atoms with Crippen LogP contribution in [0.4, 0.5) is 0 Å². The van der Waals surface area contributed by atoms with Crippen LogP contribution in [0.3, 0.4) is 0 Å². The predicted molar refractivity (Wildman–Crippen MR) is 101 cm³/mol. The Morgan fingerprint density at radius 1 is 1.33 bits per heavy atom. The van der Waals surface area contributed by atoms with Crippen molar-refractivity contribution in [3.05, 3.63) is 55.4 Å². The highest BCUT2D eigenvalue weighted by Crippen LogP contribution is 2.32. The molecule has 24 heavy (non-hydrogen) atoms. The number of hydrazone groups is 1. The van der Waals surface area contributed by atoms with Crippen molar-refractivity contribution < 1.29 is 14.6 Å². The van der Waals surface area contributed by atoms with Gasteiger partial charge in [0.15, 0.2) is 6.61 Å². The summed E-state index contributed by atoms with van der Waals surface area (Å²) >= 11 is 12.3. The van der Waals surface area contributed by atoms with Crippen molar-refractivity contribution in [1.29, 1.82) is 0 Å². The standard InChI is InChI=1S/C16H13Br2ClN2O3/c1-9-4-11(19)2-3-14(9)24-8-15(22)21-20-7-10-5-12(17)16(23)13(18)6-10/h2-7,23H,8H2,1H3,(H,21,22). The van der Waals surface area contributed by atoms with Gasteiger partial charge in [0, 0.05) is 5.02 Å². The molecule has 0 aromatic heterocycles. The van der Waals surface area contributed by atoms with Crippen molar-refractivity contribution in [2.75, 3.05) is 6.61 Å². The van der Waals surface area contributed by atoms with Crippen molar-refractivity contribution in [2.45, 2.75) is 6.92 Å². The van der Waals surface area contributed by atoms with Crippen LogP contribution in [-0.4, -0.2) is 23.8 Å². The lowest BCUT2D eigenvalue weighted by molar-refractivity contribution is -0.123. The summed E-state index contributed by atoms with van der Waals surface area (Å²) in [6.45, 7) is 1.68. The zero-order valence-corrected chi connectivity index (χ0v) is 16.4. The Morgan fingerprint density at radius 2 is 2.00 bits per heavy atom. The number of carbonyl (C=O) groups excluding carboxylic acids is 1. The fourth-order valence-corrected chi connectivity index (χ4v) is 3.24. The molecule has 0 aliphatic carbocycles. The summed E-state index contributed by atoms with van der Waals surface area (Å²) in [4.78, 5) is 11.7. The molecule has 1 amide bonds. The van der Waals surface area contributed by atoms with E-state index in [1.807, 2.05) is 6.92 Å². The second-order valence-electron chi connectivity index (χ2n) is 4.82. The molecule has 0 aliphatic heterocycles. The second-order valence-corrected chi connectivity index (χ2v) is 6.97. The predicted octanol–water partition coefficient (Wildman–Crippen LogP) is 4.41. The van der Waals surface area contributed by atoms with Gasteiger partial charge < -0.3 is 9.84 Å². The number of ether oxygens (including phenoxy) is 1. The summed E-state index contributed by atoms with van der Waals surface area (Å²) in [5.41, 5.74) is 3.91. The topological polar surface area (TPSA) is 70.9 Å². The van der Waals surface area contributed by atoms with Crippen LogP contribution in [0.1, 0.15) is 11.1 Å². The van der Waals surface area contributed by atoms with E-state index >= 15 is 0 Å². The molecule has 0 saturated carbocycles. The van der Waals surface area contributed by atoms with Crippen LogP contribution in [0, 0.1) is 6.92 Å². The highest BCUT2D eigenvalue weighted by Gasteiger charge is 2.06. The van der Waals surface area contributed by atoms with Gasteiger partial charge in [-0.3, -0.25) is 4.79 Å². The SMILES string of the molecule is Cc1cc(Cl)ccc1OCC(=O)NN=Cc1cc(Br)c(O)c(Br)c1. The molecule has 0 radical (unpaired) electrons. The van der Waals surface area contributed by atoms with E-state index < -0.39 is 5.91 Å². The van der Waals surface area contributed by atoms with Gasteiger partial charge in [-0.15, -0.1) is 0 Å². The summed E-state index contributed by atoms with van der Waals surface area (Å²) in [5, 5.41) is 14.1. The van der Waals surface area contributed by atoms with Gasteiger partial charge >= 0.3 is 0 Å². The average Bonchev–Trinajstić information content (AvgIpc) is 2.51. The molecule has 2 rings (SSSR count). The van der Waals surface area contributed by atoms with Gasteiger partial charge in [-0.05, 0) is 80.2 Å². The molecule has 0 bridgehead atoms. The smallest absolute Gasteiger partial charge is 0.277 e. The monoisotopic (exact) mass is 474 g/mol. The summed E-state index contributed by atoms with van der Waals surface area (Å²) < 4.78 is 6.46. The summed E-state index contributed by atoms with van der Waals surface area (Å²) in [5.74, 6) is 0.297. The van der Waals surface area contributed by atoms with E-state index in [1.165, 1.54) is 6.21 Å². The van der Waals surface area contributed by atoms with E-state index in [4.69, 9.17) is 16.3 Å². The van der Waals surface area contributed by atoms with Crippen molar-refractivity contribution in [3.63, 3.8) is 0 Å². The molecule has 2 aromatic carbocycles. The van der Waals surface area contributed by atoms with Gasteiger partial charge in [0.25, 0.3) is 5.91 Å². The van der Waals surface area contributed by atoms with Crippen LogP contribution < -0.4 is 10.2 Å². The fraction of sp³-hybridized carbons (Fsp3) is 0.125. The Labute approximate surface area is 160 Å². The number of hydrogen-bond acceptors (Lipinski definition) is 4. The van der Waals surface area contributed by atoms with Crippen molar-refractivity contribution >= 4 is 55.6 Å². The van der Waals surface area contributed by atoms with Gasteiger partial charge in [-0.1, -0.05) is 11.6 Å². The molecule has 5 nitrogen and oxygen atoms in total. The molecule has 2 N–H and O–H groups in total. The number of halogens is 3. The number of nitrogens with zero attached hydrogens (tertiary/aromatic N) is 1. The van der Waals surface area contributed by atoms with Gasteiger partial charge in [0.1, 0.15) is 11.5 Å². The van der Waals surface area contributed by atoms with Crippen LogP contribution >= 0.6 is 43.5 Å². The first kappa shape index (κ1) is 18.8. The molecule has 2 aromatic rings. The number of nitrogens with one attached hydrogen (secondary N) is 1. The minimum Gasteiger partial charge on any atom is -0.506 e. The molecule has 0 spiro atoms. The van der Waals surface area contributed by atoms with Gasteiger partial charge in [-0.25, -0.2) is 5.43 Å². The quantitative estimate of drug-likeness (QED) is 0.496. The van der Waals surface area contributed by atoms with E-state index in [1.54, 1.807) is 30.3 Å². The molecule has 0 atom stereocenters. The third kappa shape index (κ3) is 5.22. The Balaban J connectivity index is 1.89. The van der Waals surface area contributed by atoms with E-state index in [0.29, 0.717) is 25.3 Å². The minimum atomic E-state index is -0.391. The number of aryl methyl sites for hydroxylation is 1. The maximum Gasteiger partial charge on any atom is 0.277 e. The van der Waals surface area contributed by atoms with E-state index in [0.717, 1.165) is 5.56 Å². The minimum absolute atomic E-state index is 0.0999. The highest BCUT2D eigenvalue weighted by molar-refractivity contribution is 9.11. The van der Waals surface area contributed by atoms with Crippen molar-refractivity contribution in [1.82, 2.24) is 5.43 Å². The molecule has 0 heterocycles. The lowest BCUT2D eigenvalue weighted by Crippen LogP contribution is -2.24. The van der Waals surface area contributed by atoms with Crippen LogP contribution in [0.15, 0.2) is 44.4 Å². The highest BCUT2D eigenvalue weighted by atomic mass is 79.9. The normalized spacial score (nSPS) is 10.8.